The van der Waals surface area contributed by atoms with E-state index in [1.807, 2.05) is 18.3 Å². The third-order valence-electron chi connectivity index (χ3n) is 5.61. The summed E-state index contributed by atoms with van der Waals surface area (Å²) in [6.45, 7) is 4.38. The molecule has 1 aliphatic heterocycles. The summed E-state index contributed by atoms with van der Waals surface area (Å²) in [4.78, 5) is 9.33. The molecular weight excluding hydrogens is 360 g/mol. The van der Waals surface area contributed by atoms with Gasteiger partial charge >= 0.3 is 0 Å². The van der Waals surface area contributed by atoms with Crippen molar-refractivity contribution in [2.45, 2.75) is 0 Å². The number of hydrogen-bond acceptors (Lipinski definition) is 5. The van der Waals surface area contributed by atoms with Crippen LogP contribution in [0.25, 0.3) is 22.0 Å². The fourth-order valence-electron chi connectivity index (χ4n) is 3.84. The predicted octanol–water partition coefficient (Wildman–Crippen LogP) is 4.99. The molecule has 0 spiro atoms. The second-order valence-electron chi connectivity index (χ2n) is 7.56. The lowest BCUT2D eigenvalue weighted by Gasteiger charge is -2.34. The Morgan fingerprint density at radius 2 is 1.72 bits per heavy atom. The first-order valence-electron chi connectivity index (χ1n) is 9.98. The van der Waals surface area contributed by atoms with Crippen molar-refractivity contribution in [1.29, 1.82) is 0 Å². The van der Waals surface area contributed by atoms with Crippen LogP contribution in [0.2, 0.25) is 0 Å². The third-order valence-corrected chi connectivity index (χ3v) is 5.61. The van der Waals surface area contributed by atoms with E-state index in [1.54, 1.807) is 12.5 Å². The smallest absolute Gasteiger partial charge is 0.0980 e. The van der Waals surface area contributed by atoms with Crippen LogP contribution < -0.4 is 10.2 Å². The molecule has 0 atom stereocenters. The molecule has 29 heavy (non-hydrogen) atoms. The van der Waals surface area contributed by atoms with E-state index in [4.69, 9.17) is 4.42 Å². The van der Waals surface area contributed by atoms with Gasteiger partial charge in [-0.25, -0.2) is 0 Å². The number of aromatic nitrogens is 1. The van der Waals surface area contributed by atoms with E-state index in [-0.39, 0.29) is 0 Å². The molecule has 2 aromatic heterocycles. The minimum atomic E-state index is 0.969. The number of nitrogens with zero attached hydrogens (tertiary/aromatic N) is 3. The van der Waals surface area contributed by atoms with Crippen LogP contribution in [0.15, 0.2) is 77.7 Å². The van der Waals surface area contributed by atoms with Crippen LogP contribution in [0.3, 0.4) is 0 Å². The van der Waals surface area contributed by atoms with Crippen LogP contribution in [0, 0.1) is 0 Å². The summed E-state index contributed by atoms with van der Waals surface area (Å²) in [5.74, 6) is 0. The first-order valence-corrected chi connectivity index (χ1v) is 9.98. The molecule has 0 aliphatic carbocycles. The lowest BCUT2D eigenvalue weighted by Crippen LogP contribution is -2.44. The molecule has 5 rings (SSSR count). The highest BCUT2D eigenvalue weighted by Gasteiger charge is 2.14. The number of anilines is 3. The minimum Gasteiger partial charge on any atom is -0.472 e. The van der Waals surface area contributed by atoms with Gasteiger partial charge in [0.1, 0.15) is 0 Å². The Morgan fingerprint density at radius 1 is 0.897 bits per heavy atom. The highest BCUT2D eigenvalue weighted by Crippen LogP contribution is 2.30. The molecule has 0 saturated carbocycles. The number of nitrogens with one attached hydrogen (secondary N) is 1. The Labute approximate surface area is 170 Å². The van der Waals surface area contributed by atoms with Crippen molar-refractivity contribution in [3.8, 4) is 11.1 Å². The zero-order chi connectivity index (χ0) is 19.6. The van der Waals surface area contributed by atoms with Crippen molar-refractivity contribution in [3.63, 3.8) is 0 Å². The number of benzene rings is 2. The standard InChI is InChI=1S/C24H24N4O/c1-27-11-13-28(14-12-27)21-5-3-20(4-6-21)26-24-8-10-25-23-7-2-18(16-22(23)24)19-9-15-29-17-19/h2-10,15-17H,11-14H2,1H3,(H,25,26). The van der Waals surface area contributed by atoms with Gasteiger partial charge in [0.15, 0.2) is 0 Å². The van der Waals surface area contributed by atoms with Crippen molar-refractivity contribution >= 4 is 28.0 Å². The Bertz CT molecular complexity index is 1100. The molecule has 0 bridgehead atoms. The second-order valence-corrected chi connectivity index (χ2v) is 7.56. The summed E-state index contributed by atoms with van der Waals surface area (Å²) in [6, 6.07) is 19.0. The van der Waals surface area contributed by atoms with Gasteiger partial charge in [-0.1, -0.05) is 6.07 Å². The molecule has 1 aliphatic rings. The summed E-state index contributed by atoms with van der Waals surface area (Å²) in [6.07, 6.45) is 5.31. The number of rotatable bonds is 4. The van der Waals surface area contributed by atoms with Crippen molar-refractivity contribution in [2.75, 3.05) is 43.4 Å². The number of fused-ring (bicyclic) bond motifs is 1. The average Bonchev–Trinajstić information content (AvgIpc) is 3.30. The molecule has 146 valence electrons. The molecule has 5 heteroatoms. The molecule has 5 nitrogen and oxygen atoms in total. The lowest BCUT2D eigenvalue weighted by molar-refractivity contribution is 0.313. The summed E-state index contributed by atoms with van der Waals surface area (Å²) < 4.78 is 5.24. The summed E-state index contributed by atoms with van der Waals surface area (Å²) in [5.41, 5.74) is 6.56. The number of pyridine rings is 1. The van der Waals surface area contributed by atoms with Gasteiger partial charge in [0, 0.05) is 60.4 Å². The minimum absolute atomic E-state index is 0.969. The predicted molar refractivity (Wildman–Crippen MR) is 119 cm³/mol. The van der Waals surface area contributed by atoms with Crippen molar-refractivity contribution in [1.82, 2.24) is 9.88 Å². The quantitative estimate of drug-likeness (QED) is 0.537. The lowest BCUT2D eigenvalue weighted by atomic mass is 10.0. The van der Waals surface area contributed by atoms with Gasteiger partial charge < -0.3 is 19.5 Å². The summed E-state index contributed by atoms with van der Waals surface area (Å²) in [5, 5.41) is 4.66. The van der Waals surface area contributed by atoms with Gasteiger partial charge in [-0.15, -0.1) is 0 Å². The van der Waals surface area contributed by atoms with Crippen LogP contribution in [-0.4, -0.2) is 43.1 Å². The van der Waals surface area contributed by atoms with Crippen LogP contribution in [0.4, 0.5) is 17.1 Å². The summed E-state index contributed by atoms with van der Waals surface area (Å²) >= 11 is 0. The second kappa shape index (κ2) is 7.60. The van der Waals surface area contributed by atoms with Crippen LogP contribution in [-0.2, 0) is 0 Å². The molecule has 1 fully saturated rings. The van der Waals surface area contributed by atoms with Gasteiger partial charge in [-0.3, -0.25) is 4.98 Å². The fourth-order valence-corrected chi connectivity index (χ4v) is 3.84. The monoisotopic (exact) mass is 384 g/mol. The largest absolute Gasteiger partial charge is 0.472 e. The molecule has 0 radical (unpaired) electrons. The Morgan fingerprint density at radius 3 is 2.48 bits per heavy atom. The molecule has 2 aromatic carbocycles. The maximum absolute atomic E-state index is 5.24. The zero-order valence-corrected chi connectivity index (χ0v) is 16.5. The van der Waals surface area contributed by atoms with E-state index in [2.05, 4.69) is 69.6 Å². The van der Waals surface area contributed by atoms with Crippen molar-refractivity contribution in [2.24, 2.45) is 0 Å². The molecule has 4 aromatic rings. The first kappa shape index (κ1) is 17.8. The number of hydrogen-bond donors (Lipinski definition) is 1. The third kappa shape index (κ3) is 3.69. The van der Waals surface area contributed by atoms with E-state index < -0.39 is 0 Å². The first-order chi connectivity index (χ1) is 14.3. The highest BCUT2D eigenvalue weighted by atomic mass is 16.3. The van der Waals surface area contributed by atoms with Crippen molar-refractivity contribution in [3.05, 3.63) is 73.3 Å². The van der Waals surface area contributed by atoms with E-state index in [9.17, 15) is 0 Å². The molecule has 1 saturated heterocycles. The molecular formula is C24H24N4O. The molecule has 0 amide bonds. The number of likely N-dealkylation sites (N-methyl/N-ethyl adjacent to an activating group) is 1. The maximum atomic E-state index is 5.24. The van der Waals surface area contributed by atoms with E-state index in [0.29, 0.717) is 0 Å². The van der Waals surface area contributed by atoms with Gasteiger partial charge in [-0.2, -0.15) is 0 Å². The van der Waals surface area contributed by atoms with Gasteiger partial charge in [0.2, 0.25) is 0 Å². The van der Waals surface area contributed by atoms with E-state index in [0.717, 1.165) is 59.6 Å². The fraction of sp³-hybridized carbons (Fsp3) is 0.208. The molecule has 0 unspecified atom stereocenters. The normalized spacial score (nSPS) is 15.0. The Balaban J connectivity index is 1.40. The Hall–Kier alpha value is -3.31. The van der Waals surface area contributed by atoms with Gasteiger partial charge in [0.25, 0.3) is 0 Å². The topological polar surface area (TPSA) is 44.5 Å². The number of furan rings is 1. The molecule has 1 N–H and O–H groups in total. The van der Waals surface area contributed by atoms with E-state index in [1.165, 1.54) is 5.69 Å². The van der Waals surface area contributed by atoms with Crippen LogP contribution >= 0.6 is 0 Å². The van der Waals surface area contributed by atoms with Gasteiger partial charge in [0.05, 0.1) is 18.0 Å². The maximum Gasteiger partial charge on any atom is 0.0980 e. The molecule has 3 heterocycles. The van der Waals surface area contributed by atoms with Crippen molar-refractivity contribution < 1.29 is 4.42 Å². The van der Waals surface area contributed by atoms with Crippen LogP contribution in [0.1, 0.15) is 0 Å². The SMILES string of the molecule is CN1CCN(c2ccc(Nc3ccnc4ccc(-c5ccoc5)cc34)cc2)CC1. The zero-order valence-electron chi connectivity index (χ0n) is 16.5. The van der Waals surface area contributed by atoms with E-state index >= 15 is 0 Å². The number of piperazine rings is 1. The average molecular weight is 384 g/mol. The summed E-state index contributed by atoms with van der Waals surface area (Å²) in [7, 11) is 2.18. The highest BCUT2D eigenvalue weighted by molar-refractivity contribution is 5.95. The van der Waals surface area contributed by atoms with Gasteiger partial charge in [-0.05, 0) is 61.1 Å². The van der Waals surface area contributed by atoms with Crippen LogP contribution in [0.5, 0.6) is 0 Å². The Kier molecular flexibility index (Phi) is 4.66.